The lowest BCUT2D eigenvalue weighted by Gasteiger charge is -2.30. The molecule has 2 aromatic rings. The molecule has 1 heterocycles. The highest BCUT2D eigenvalue weighted by Gasteiger charge is 2.33. The van der Waals surface area contributed by atoms with Gasteiger partial charge in [-0.25, -0.2) is 8.42 Å². The molecule has 0 spiro atoms. The summed E-state index contributed by atoms with van der Waals surface area (Å²) in [4.78, 5) is 13.0. The number of anilines is 1. The number of benzene rings is 2. The van der Waals surface area contributed by atoms with Gasteiger partial charge in [-0.15, -0.1) is 0 Å². The average molecular weight is 485 g/mol. The van der Waals surface area contributed by atoms with Crippen LogP contribution in [-0.4, -0.2) is 44.5 Å². The smallest absolute Gasteiger partial charge is 0.422 e. The lowest BCUT2D eigenvalue weighted by Crippen LogP contribution is -2.41. The van der Waals surface area contributed by atoms with Crippen LogP contribution in [0.4, 0.5) is 18.9 Å². The maximum absolute atomic E-state index is 13.0. The van der Waals surface area contributed by atoms with Crippen molar-refractivity contribution in [2.24, 2.45) is 5.92 Å². The van der Waals surface area contributed by atoms with E-state index in [9.17, 15) is 26.4 Å². The summed E-state index contributed by atoms with van der Waals surface area (Å²) >= 11 is 0. The van der Waals surface area contributed by atoms with Gasteiger partial charge in [-0.2, -0.15) is 17.5 Å². The highest BCUT2D eigenvalue weighted by molar-refractivity contribution is 7.89. The standard InChI is InChI=1S/C23H27F3N2O4S/c1-15-4-7-20(21(12-15)32-14-23(24,25)26)27-22(29)18-8-10-28(11-9-18)33(30,31)19-6-5-16(2)17(3)13-19/h4-7,12-13,18H,8-11,14H2,1-3H3,(H,27,29). The molecule has 6 nitrogen and oxygen atoms in total. The second-order valence-corrected chi connectivity index (χ2v) is 10.3. The van der Waals surface area contributed by atoms with Crippen LogP contribution in [0, 0.1) is 26.7 Å². The normalized spacial score (nSPS) is 15.9. The number of aryl methyl sites for hydroxylation is 3. The predicted molar refractivity (Wildman–Crippen MR) is 119 cm³/mol. The highest BCUT2D eigenvalue weighted by atomic mass is 32.2. The molecule has 1 N–H and O–H groups in total. The summed E-state index contributed by atoms with van der Waals surface area (Å²) in [5.74, 6) is -0.901. The fourth-order valence-corrected chi connectivity index (χ4v) is 5.18. The lowest BCUT2D eigenvalue weighted by atomic mass is 9.97. The van der Waals surface area contributed by atoms with E-state index in [1.54, 1.807) is 31.2 Å². The van der Waals surface area contributed by atoms with Gasteiger partial charge in [0.05, 0.1) is 10.6 Å². The minimum Gasteiger partial charge on any atom is -0.482 e. The van der Waals surface area contributed by atoms with E-state index in [1.165, 1.54) is 16.4 Å². The summed E-state index contributed by atoms with van der Waals surface area (Å²) in [7, 11) is -3.67. The molecule has 1 aliphatic rings. The van der Waals surface area contributed by atoms with Crippen molar-refractivity contribution in [3.63, 3.8) is 0 Å². The molecule has 0 atom stereocenters. The predicted octanol–water partition coefficient (Wildman–Crippen LogP) is 4.59. The Morgan fingerprint density at radius 2 is 1.73 bits per heavy atom. The number of carbonyl (C=O) groups excluding carboxylic acids is 1. The Hall–Kier alpha value is -2.59. The molecule has 180 valence electrons. The largest absolute Gasteiger partial charge is 0.482 e. The number of hydrogen-bond donors (Lipinski definition) is 1. The van der Waals surface area contributed by atoms with E-state index >= 15 is 0 Å². The lowest BCUT2D eigenvalue weighted by molar-refractivity contribution is -0.153. The molecule has 0 bridgehead atoms. The average Bonchev–Trinajstić information content (AvgIpc) is 2.75. The van der Waals surface area contributed by atoms with Gasteiger partial charge in [-0.3, -0.25) is 4.79 Å². The number of alkyl halides is 3. The van der Waals surface area contributed by atoms with Crippen molar-refractivity contribution in [3.05, 3.63) is 53.1 Å². The van der Waals surface area contributed by atoms with Gasteiger partial charge in [-0.05, 0) is 74.6 Å². The number of nitrogens with zero attached hydrogens (tertiary/aromatic N) is 1. The van der Waals surface area contributed by atoms with E-state index < -0.39 is 28.7 Å². The third-order valence-corrected chi connectivity index (χ3v) is 7.62. The fourth-order valence-electron chi connectivity index (χ4n) is 3.63. The molecular weight excluding hydrogens is 457 g/mol. The Labute approximate surface area is 191 Å². The molecule has 1 fully saturated rings. The van der Waals surface area contributed by atoms with Crippen molar-refractivity contribution in [2.75, 3.05) is 25.0 Å². The van der Waals surface area contributed by atoms with Crippen LogP contribution in [0.15, 0.2) is 41.3 Å². The number of ether oxygens (including phenoxy) is 1. The Kier molecular flexibility index (Phi) is 7.38. The van der Waals surface area contributed by atoms with E-state index in [0.717, 1.165) is 11.1 Å². The van der Waals surface area contributed by atoms with Gasteiger partial charge in [0.1, 0.15) is 5.75 Å². The van der Waals surface area contributed by atoms with Gasteiger partial charge in [0.15, 0.2) is 6.61 Å². The zero-order valence-electron chi connectivity index (χ0n) is 18.7. The Morgan fingerprint density at radius 1 is 1.06 bits per heavy atom. The van der Waals surface area contributed by atoms with Crippen molar-refractivity contribution < 1.29 is 31.1 Å². The third kappa shape index (κ3) is 6.26. The number of carbonyl (C=O) groups is 1. The number of sulfonamides is 1. The molecule has 2 aromatic carbocycles. The van der Waals surface area contributed by atoms with Gasteiger partial charge in [0, 0.05) is 19.0 Å². The fraction of sp³-hybridized carbons (Fsp3) is 0.435. The van der Waals surface area contributed by atoms with Crippen molar-refractivity contribution >= 4 is 21.6 Å². The van der Waals surface area contributed by atoms with Gasteiger partial charge in [0.25, 0.3) is 0 Å². The minimum absolute atomic E-state index is 0.0598. The van der Waals surface area contributed by atoms with Crippen molar-refractivity contribution in [3.8, 4) is 5.75 Å². The van der Waals surface area contributed by atoms with Gasteiger partial charge in [-0.1, -0.05) is 12.1 Å². The summed E-state index contributed by atoms with van der Waals surface area (Å²) in [6.45, 7) is 4.36. The molecule has 1 saturated heterocycles. The molecule has 1 aliphatic heterocycles. The summed E-state index contributed by atoms with van der Waals surface area (Å²) in [6, 6.07) is 9.58. The topological polar surface area (TPSA) is 75.7 Å². The van der Waals surface area contributed by atoms with Crippen LogP contribution in [0.2, 0.25) is 0 Å². The monoisotopic (exact) mass is 484 g/mol. The second kappa shape index (κ2) is 9.72. The first-order valence-corrected chi connectivity index (χ1v) is 12.0. The molecule has 3 rings (SSSR count). The van der Waals surface area contributed by atoms with Gasteiger partial charge in [0.2, 0.25) is 15.9 Å². The summed E-state index contributed by atoms with van der Waals surface area (Å²) < 4.78 is 69.8. The van der Waals surface area contributed by atoms with E-state index in [2.05, 4.69) is 5.32 Å². The number of amides is 1. The first kappa shape index (κ1) is 25.0. The number of piperidine rings is 1. The summed E-state index contributed by atoms with van der Waals surface area (Å²) in [6.07, 6.45) is -3.89. The van der Waals surface area contributed by atoms with Crippen LogP contribution in [0.5, 0.6) is 5.75 Å². The van der Waals surface area contributed by atoms with Crippen LogP contribution in [0.3, 0.4) is 0 Å². The first-order valence-electron chi connectivity index (χ1n) is 10.6. The van der Waals surface area contributed by atoms with Gasteiger partial charge < -0.3 is 10.1 Å². The quantitative estimate of drug-likeness (QED) is 0.651. The molecule has 0 aromatic heterocycles. The molecule has 10 heteroatoms. The summed E-state index contributed by atoms with van der Waals surface area (Å²) in [5.41, 5.74) is 2.72. The maximum Gasteiger partial charge on any atom is 0.422 e. The SMILES string of the molecule is Cc1ccc(NC(=O)C2CCN(S(=O)(=O)c3ccc(C)c(C)c3)CC2)c(OCC(F)(F)F)c1. The van der Waals surface area contributed by atoms with E-state index in [1.807, 2.05) is 13.8 Å². The third-order valence-electron chi connectivity index (χ3n) is 5.73. The molecular formula is C23H27F3N2O4S. The Balaban J connectivity index is 1.65. The number of nitrogens with one attached hydrogen (secondary N) is 1. The number of rotatable bonds is 6. The minimum atomic E-state index is -4.50. The molecule has 0 aliphatic carbocycles. The Morgan fingerprint density at radius 3 is 2.33 bits per heavy atom. The van der Waals surface area contributed by atoms with Crippen molar-refractivity contribution in [1.29, 1.82) is 0 Å². The molecule has 0 radical (unpaired) electrons. The van der Waals surface area contributed by atoms with Crippen LogP contribution < -0.4 is 10.1 Å². The van der Waals surface area contributed by atoms with Crippen LogP contribution in [0.1, 0.15) is 29.5 Å². The molecule has 0 saturated carbocycles. The number of hydrogen-bond acceptors (Lipinski definition) is 4. The first-order chi connectivity index (χ1) is 15.4. The van der Waals surface area contributed by atoms with E-state index in [-0.39, 0.29) is 35.3 Å². The maximum atomic E-state index is 13.0. The zero-order valence-corrected chi connectivity index (χ0v) is 19.5. The van der Waals surface area contributed by atoms with Crippen molar-refractivity contribution in [1.82, 2.24) is 4.31 Å². The van der Waals surface area contributed by atoms with Crippen LogP contribution >= 0.6 is 0 Å². The van der Waals surface area contributed by atoms with E-state index in [0.29, 0.717) is 18.4 Å². The second-order valence-electron chi connectivity index (χ2n) is 8.32. The zero-order chi connectivity index (χ0) is 24.4. The highest BCUT2D eigenvalue weighted by Crippen LogP contribution is 2.30. The molecule has 1 amide bonds. The van der Waals surface area contributed by atoms with Crippen LogP contribution in [0.25, 0.3) is 0 Å². The Bertz CT molecular complexity index is 1130. The molecule has 0 unspecified atom stereocenters. The van der Waals surface area contributed by atoms with Crippen LogP contribution in [-0.2, 0) is 14.8 Å². The summed E-state index contributed by atoms with van der Waals surface area (Å²) in [5, 5.41) is 2.64. The van der Waals surface area contributed by atoms with Crippen molar-refractivity contribution in [2.45, 2.75) is 44.7 Å². The van der Waals surface area contributed by atoms with Gasteiger partial charge >= 0.3 is 6.18 Å². The van der Waals surface area contributed by atoms with E-state index in [4.69, 9.17) is 4.74 Å². The molecule has 33 heavy (non-hydrogen) atoms. The number of halogens is 3.